The molecule has 7 unspecified atom stereocenters. The number of rotatable bonds is 15. The van der Waals surface area contributed by atoms with Gasteiger partial charge < -0.3 is 10.2 Å². The number of hydrogen-bond acceptors (Lipinski definition) is 2. The Bertz CT molecular complexity index is 509. The molecule has 0 radical (unpaired) electrons. The van der Waals surface area contributed by atoms with E-state index in [4.69, 9.17) is 0 Å². The van der Waals surface area contributed by atoms with Crippen molar-refractivity contribution in [2.24, 2.45) is 47.3 Å². The molecular weight excluding hydrogens is 416 g/mol. The molecule has 2 fully saturated rings. The van der Waals surface area contributed by atoms with Crippen molar-refractivity contribution in [3.05, 3.63) is 0 Å². The van der Waals surface area contributed by atoms with Gasteiger partial charge >= 0.3 is 0 Å². The molecule has 34 heavy (non-hydrogen) atoms. The highest BCUT2D eigenvalue weighted by atomic mass is 16.3. The first kappa shape index (κ1) is 30.1. The summed E-state index contributed by atoms with van der Waals surface area (Å²) in [5.74, 6) is 5.66. The van der Waals surface area contributed by atoms with Crippen LogP contribution in [0, 0.1) is 47.3 Å². The van der Waals surface area contributed by atoms with Gasteiger partial charge in [-0.3, -0.25) is 0 Å². The molecule has 0 heterocycles. The molecule has 2 rings (SSSR count). The SMILES string of the molecule is CCCC(CC)C1CCCC(CC(C)C(O)CCCC(CC(O)C2CCC(C)CC2)C(C)C)C1. The Labute approximate surface area is 214 Å². The maximum Gasteiger partial charge on any atom is 0.0571 e. The van der Waals surface area contributed by atoms with Crippen LogP contribution in [0.15, 0.2) is 0 Å². The van der Waals surface area contributed by atoms with Crippen LogP contribution in [0.4, 0.5) is 0 Å². The maximum atomic E-state index is 11.0. The van der Waals surface area contributed by atoms with E-state index in [0.29, 0.717) is 23.7 Å². The summed E-state index contributed by atoms with van der Waals surface area (Å²) in [6, 6.07) is 0. The van der Waals surface area contributed by atoms with Crippen molar-refractivity contribution >= 4 is 0 Å². The molecule has 202 valence electrons. The van der Waals surface area contributed by atoms with Gasteiger partial charge in [0, 0.05) is 0 Å². The summed E-state index contributed by atoms with van der Waals surface area (Å²) in [6.45, 7) is 14.0. The van der Waals surface area contributed by atoms with Crippen molar-refractivity contribution in [2.75, 3.05) is 0 Å². The predicted molar refractivity (Wildman–Crippen MR) is 148 cm³/mol. The van der Waals surface area contributed by atoms with Crippen LogP contribution in [-0.4, -0.2) is 22.4 Å². The quantitative estimate of drug-likeness (QED) is 0.246. The highest BCUT2D eigenvalue weighted by molar-refractivity contribution is 4.82. The molecule has 2 nitrogen and oxygen atoms in total. The molecule has 2 saturated carbocycles. The summed E-state index contributed by atoms with van der Waals surface area (Å²) < 4.78 is 0. The predicted octanol–water partition coefficient (Wildman–Crippen LogP) is 9.03. The Morgan fingerprint density at radius 1 is 0.824 bits per heavy atom. The van der Waals surface area contributed by atoms with Crippen LogP contribution in [0.2, 0.25) is 0 Å². The van der Waals surface area contributed by atoms with Crippen molar-refractivity contribution in [1.29, 1.82) is 0 Å². The van der Waals surface area contributed by atoms with Gasteiger partial charge in [-0.2, -0.15) is 0 Å². The first-order valence-corrected chi connectivity index (χ1v) is 15.6. The molecule has 0 aromatic carbocycles. The van der Waals surface area contributed by atoms with Gasteiger partial charge in [-0.25, -0.2) is 0 Å². The van der Waals surface area contributed by atoms with E-state index in [1.165, 1.54) is 77.0 Å². The van der Waals surface area contributed by atoms with Crippen molar-refractivity contribution in [3.63, 3.8) is 0 Å². The van der Waals surface area contributed by atoms with E-state index in [-0.39, 0.29) is 12.2 Å². The Morgan fingerprint density at radius 2 is 1.53 bits per heavy atom. The van der Waals surface area contributed by atoms with E-state index in [2.05, 4.69) is 41.5 Å². The molecule has 2 aliphatic rings. The van der Waals surface area contributed by atoms with Gasteiger partial charge in [0.05, 0.1) is 12.2 Å². The zero-order valence-electron chi connectivity index (χ0n) is 24.0. The average molecular weight is 479 g/mol. The van der Waals surface area contributed by atoms with Gasteiger partial charge in [0.2, 0.25) is 0 Å². The summed E-state index contributed by atoms with van der Waals surface area (Å²) in [7, 11) is 0. The largest absolute Gasteiger partial charge is 0.393 e. The Balaban J connectivity index is 1.72. The molecule has 0 bridgehead atoms. The summed E-state index contributed by atoms with van der Waals surface area (Å²) in [4.78, 5) is 0. The fraction of sp³-hybridized carbons (Fsp3) is 1.00. The lowest BCUT2D eigenvalue weighted by atomic mass is 9.70. The normalized spacial score (nSPS) is 30.6. The van der Waals surface area contributed by atoms with Crippen LogP contribution in [0.25, 0.3) is 0 Å². The molecule has 0 saturated heterocycles. The summed E-state index contributed by atoms with van der Waals surface area (Å²) in [5, 5.41) is 21.9. The van der Waals surface area contributed by atoms with Crippen molar-refractivity contribution in [1.82, 2.24) is 0 Å². The second-order valence-electron chi connectivity index (χ2n) is 13.3. The molecule has 2 heteroatoms. The fourth-order valence-electron chi connectivity index (χ4n) is 7.57. The van der Waals surface area contributed by atoms with Gasteiger partial charge in [-0.1, -0.05) is 106 Å². The fourth-order valence-corrected chi connectivity index (χ4v) is 7.57. The van der Waals surface area contributed by atoms with Crippen LogP contribution < -0.4 is 0 Å². The minimum absolute atomic E-state index is 0.123. The van der Waals surface area contributed by atoms with E-state index < -0.39 is 0 Å². The van der Waals surface area contributed by atoms with Crippen molar-refractivity contribution in [3.8, 4) is 0 Å². The minimum Gasteiger partial charge on any atom is -0.393 e. The van der Waals surface area contributed by atoms with Crippen molar-refractivity contribution < 1.29 is 10.2 Å². The van der Waals surface area contributed by atoms with Crippen LogP contribution in [0.1, 0.15) is 144 Å². The van der Waals surface area contributed by atoms with Gasteiger partial charge in [-0.05, 0) is 85.9 Å². The monoisotopic (exact) mass is 478 g/mol. The summed E-state index contributed by atoms with van der Waals surface area (Å²) in [5.41, 5.74) is 0. The Morgan fingerprint density at radius 3 is 2.15 bits per heavy atom. The lowest BCUT2D eigenvalue weighted by molar-refractivity contribution is 0.0434. The van der Waals surface area contributed by atoms with Crippen molar-refractivity contribution in [2.45, 2.75) is 156 Å². The maximum absolute atomic E-state index is 11.0. The number of aliphatic hydroxyl groups is 2. The van der Waals surface area contributed by atoms with E-state index in [0.717, 1.165) is 49.4 Å². The molecule has 0 aliphatic heterocycles. The highest BCUT2D eigenvalue weighted by Crippen LogP contribution is 2.40. The zero-order valence-corrected chi connectivity index (χ0v) is 24.0. The molecule has 2 N–H and O–H groups in total. The van der Waals surface area contributed by atoms with Crippen LogP contribution >= 0.6 is 0 Å². The number of hydrogen-bond donors (Lipinski definition) is 2. The standard InChI is InChI=1S/C32H62O2/c1-7-11-27(8-2)30-14-9-12-26(21-30)20-25(6)31(33)15-10-13-29(23(3)4)22-32(34)28-18-16-24(5)17-19-28/h23-34H,7-22H2,1-6H3. The van der Waals surface area contributed by atoms with Gasteiger partial charge in [0.15, 0.2) is 0 Å². The highest BCUT2D eigenvalue weighted by Gasteiger charge is 2.30. The molecule has 0 spiro atoms. The second kappa shape index (κ2) is 15.9. The molecule has 0 amide bonds. The molecule has 0 aromatic heterocycles. The van der Waals surface area contributed by atoms with Crippen LogP contribution in [-0.2, 0) is 0 Å². The second-order valence-corrected chi connectivity index (χ2v) is 13.3. The first-order valence-electron chi connectivity index (χ1n) is 15.6. The number of aliphatic hydroxyl groups excluding tert-OH is 2. The lowest BCUT2D eigenvalue weighted by Gasteiger charge is -2.36. The van der Waals surface area contributed by atoms with Crippen LogP contribution in [0.3, 0.4) is 0 Å². The molecular formula is C32H62O2. The third-order valence-corrected chi connectivity index (χ3v) is 10.2. The van der Waals surface area contributed by atoms with E-state index in [1.807, 2.05) is 0 Å². The Hall–Kier alpha value is -0.0800. The third-order valence-electron chi connectivity index (χ3n) is 10.2. The van der Waals surface area contributed by atoms with E-state index in [9.17, 15) is 10.2 Å². The van der Waals surface area contributed by atoms with Gasteiger partial charge in [0.1, 0.15) is 0 Å². The van der Waals surface area contributed by atoms with Gasteiger partial charge in [0.25, 0.3) is 0 Å². The first-order chi connectivity index (χ1) is 16.2. The van der Waals surface area contributed by atoms with E-state index in [1.54, 1.807) is 0 Å². The smallest absolute Gasteiger partial charge is 0.0571 e. The van der Waals surface area contributed by atoms with Crippen LogP contribution in [0.5, 0.6) is 0 Å². The lowest BCUT2D eigenvalue weighted by Crippen LogP contribution is -2.29. The molecule has 0 aromatic rings. The average Bonchev–Trinajstić information content (AvgIpc) is 2.82. The molecule has 2 aliphatic carbocycles. The summed E-state index contributed by atoms with van der Waals surface area (Å²) in [6.07, 6.45) is 19.8. The van der Waals surface area contributed by atoms with Gasteiger partial charge in [-0.15, -0.1) is 0 Å². The zero-order chi connectivity index (χ0) is 25.1. The molecule has 7 atom stereocenters. The van der Waals surface area contributed by atoms with E-state index >= 15 is 0 Å². The third kappa shape index (κ3) is 10.1. The minimum atomic E-state index is -0.157. The topological polar surface area (TPSA) is 40.5 Å². The Kier molecular flexibility index (Phi) is 14.1. The summed E-state index contributed by atoms with van der Waals surface area (Å²) >= 11 is 0.